The molecule has 2 rings (SSSR count). The van der Waals surface area contributed by atoms with E-state index in [9.17, 15) is 0 Å². The summed E-state index contributed by atoms with van der Waals surface area (Å²) in [6, 6.07) is 2.30. The van der Waals surface area contributed by atoms with Crippen molar-refractivity contribution in [1.29, 1.82) is 0 Å². The molecule has 0 aliphatic rings. The van der Waals surface area contributed by atoms with E-state index in [1.807, 2.05) is 0 Å². The maximum Gasteiger partial charge on any atom is 0.251 e. The van der Waals surface area contributed by atoms with Crippen LogP contribution in [-0.2, 0) is 6.42 Å². The topological polar surface area (TPSA) is 73.1 Å². The highest BCUT2D eigenvalue weighted by Gasteiger charge is 2.13. The van der Waals surface area contributed by atoms with Gasteiger partial charge in [0.25, 0.3) is 5.89 Å². The molecule has 2 heterocycles. The second-order valence-corrected chi connectivity index (χ2v) is 4.79. The maximum absolute atomic E-state index is 5.66. The van der Waals surface area contributed by atoms with Crippen LogP contribution in [0.15, 0.2) is 22.9 Å². The largest absolute Gasteiger partial charge is 0.494 e. The number of rotatable bonds is 7. The van der Waals surface area contributed by atoms with Gasteiger partial charge in [0.1, 0.15) is 5.75 Å². The zero-order chi connectivity index (χ0) is 14.4. The summed E-state index contributed by atoms with van der Waals surface area (Å²) in [7, 11) is 1.59. The fourth-order valence-electron chi connectivity index (χ4n) is 1.81. The van der Waals surface area contributed by atoms with Gasteiger partial charge < -0.3 is 14.5 Å². The van der Waals surface area contributed by atoms with Crippen molar-refractivity contribution in [1.82, 2.24) is 20.5 Å². The van der Waals surface area contributed by atoms with E-state index in [2.05, 4.69) is 34.3 Å². The fourth-order valence-corrected chi connectivity index (χ4v) is 1.81. The van der Waals surface area contributed by atoms with Crippen molar-refractivity contribution in [2.75, 3.05) is 13.7 Å². The summed E-state index contributed by atoms with van der Waals surface area (Å²) in [6.07, 6.45) is 5.04. The van der Waals surface area contributed by atoms with E-state index in [4.69, 9.17) is 9.15 Å². The summed E-state index contributed by atoms with van der Waals surface area (Å²) in [6.45, 7) is 5.19. The second-order valence-electron chi connectivity index (χ2n) is 4.79. The van der Waals surface area contributed by atoms with E-state index >= 15 is 0 Å². The molecule has 0 unspecified atom stereocenters. The molecule has 1 N–H and O–H groups in total. The van der Waals surface area contributed by atoms with Gasteiger partial charge in [-0.05, 0) is 19.0 Å². The second kappa shape index (κ2) is 7.00. The van der Waals surface area contributed by atoms with Gasteiger partial charge in [-0.25, -0.2) is 0 Å². The highest BCUT2D eigenvalue weighted by atomic mass is 16.5. The van der Waals surface area contributed by atoms with Crippen LogP contribution in [-0.4, -0.2) is 34.9 Å². The van der Waals surface area contributed by atoms with E-state index < -0.39 is 0 Å². The first kappa shape index (κ1) is 14.5. The van der Waals surface area contributed by atoms with Crippen LogP contribution in [0, 0.1) is 0 Å². The number of nitrogens with one attached hydrogen (secondary N) is 1. The fraction of sp³-hybridized carbons (Fsp3) is 0.500. The molecule has 6 heteroatoms. The van der Waals surface area contributed by atoms with Gasteiger partial charge in [0.2, 0.25) is 5.89 Å². The lowest BCUT2D eigenvalue weighted by atomic mass is 10.2. The molecule has 0 aliphatic heterocycles. The number of aryl methyl sites for hydroxylation is 1. The molecule has 2 aromatic rings. The SMILES string of the molecule is COc1cnccc1-c1nnc(CCCNC(C)C)o1. The standard InChI is InChI=1S/C14H20N4O2/c1-10(2)16-7-4-5-13-17-18-14(20-13)11-6-8-15-9-12(11)19-3/h6,8-10,16H,4-5,7H2,1-3H3. The third kappa shape index (κ3) is 3.77. The molecule has 0 aliphatic carbocycles. The first-order valence-corrected chi connectivity index (χ1v) is 6.75. The number of hydrogen-bond acceptors (Lipinski definition) is 6. The van der Waals surface area contributed by atoms with Gasteiger partial charge in [-0.3, -0.25) is 4.98 Å². The summed E-state index contributed by atoms with van der Waals surface area (Å²) < 4.78 is 10.9. The van der Waals surface area contributed by atoms with Gasteiger partial charge in [0.15, 0.2) is 0 Å². The first-order chi connectivity index (χ1) is 9.70. The van der Waals surface area contributed by atoms with Gasteiger partial charge in [-0.1, -0.05) is 13.8 Å². The lowest BCUT2D eigenvalue weighted by Gasteiger charge is -2.05. The van der Waals surface area contributed by atoms with Crippen molar-refractivity contribution >= 4 is 0 Å². The Bertz CT molecular complexity index is 539. The van der Waals surface area contributed by atoms with E-state index in [0.29, 0.717) is 23.6 Å². The number of methoxy groups -OCH3 is 1. The molecular formula is C14H20N4O2. The van der Waals surface area contributed by atoms with Crippen molar-refractivity contribution < 1.29 is 9.15 Å². The van der Waals surface area contributed by atoms with E-state index in [1.54, 1.807) is 25.6 Å². The molecule has 0 spiro atoms. The number of hydrogen-bond donors (Lipinski definition) is 1. The molecule has 0 bridgehead atoms. The molecule has 20 heavy (non-hydrogen) atoms. The highest BCUT2D eigenvalue weighted by molar-refractivity contribution is 5.60. The average molecular weight is 276 g/mol. The van der Waals surface area contributed by atoms with E-state index in [0.717, 1.165) is 24.9 Å². The van der Waals surface area contributed by atoms with Crippen molar-refractivity contribution in [2.24, 2.45) is 0 Å². The van der Waals surface area contributed by atoms with Crippen LogP contribution in [0.4, 0.5) is 0 Å². The minimum absolute atomic E-state index is 0.469. The number of ether oxygens (including phenoxy) is 1. The molecule has 6 nitrogen and oxygen atoms in total. The van der Waals surface area contributed by atoms with Gasteiger partial charge in [-0.15, -0.1) is 10.2 Å². The Labute approximate surface area is 118 Å². The predicted molar refractivity (Wildman–Crippen MR) is 75.5 cm³/mol. The van der Waals surface area contributed by atoms with Crippen LogP contribution < -0.4 is 10.1 Å². The molecular weight excluding hydrogens is 256 g/mol. The lowest BCUT2D eigenvalue weighted by molar-refractivity contribution is 0.411. The van der Waals surface area contributed by atoms with Crippen molar-refractivity contribution in [3.8, 4) is 17.2 Å². The summed E-state index contributed by atoms with van der Waals surface area (Å²) in [4.78, 5) is 4.00. The Morgan fingerprint density at radius 2 is 2.20 bits per heavy atom. The minimum atomic E-state index is 0.469. The third-order valence-corrected chi connectivity index (χ3v) is 2.82. The summed E-state index contributed by atoms with van der Waals surface area (Å²) >= 11 is 0. The maximum atomic E-state index is 5.66. The van der Waals surface area contributed by atoms with Crippen LogP contribution >= 0.6 is 0 Å². The first-order valence-electron chi connectivity index (χ1n) is 6.75. The van der Waals surface area contributed by atoms with Crippen LogP contribution in [0.25, 0.3) is 11.5 Å². The zero-order valence-corrected chi connectivity index (χ0v) is 12.1. The van der Waals surface area contributed by atoms with Crippen molar-refractivity contribution in [3.63, 3.8) is 0 Å². The Balaban J connectivity index is 1.98. The Morgan fingerprint density at radius 1 is 1.35 bits per heavy atom. The molecule has 0 radical (unpaired) electrons. The Morgan fingerprint density at radius 3 is 2.95 bits per heavy atom. The van der Waals surface area contributed by atoms with Crippen LogP contribution in [0.2, 0.25) is 0 Å². The predicted octanol–water partition coefficient (Wildman–Crippen LogP) is 2.07. The summed E-state index contributed by atoms with van der Waals surface area (Å²) in [5.74, 6) is 1.74. The number of aromatic nitrogens is 3. The van der Waals surface area contributed by atoms with E-state index in [-0.39, 0.29) is 0 Å². The molecule has 0 aromatic carbocycles. The molecule has 0 atom stereocenters. The Kier molecular flexibility index (Phi) is 5.06. The molecule has 0 saturated carbocycles. The van der Waals surface area contributed by atoms with Gasteiger partial charge in [-0.2, -0.15) is 0 Å². The number of nitrogens with zero attached hydrogens (tertiary/aromatic N) is 3. The smallest absolute Gasteiger partial charge is 0.251 e. The summed E-state index contributed by atoms with van der Waals surface area (Å²) in [5, 5.41) is 11.5. The van der Waals surface area contributed by atoms with Crippen molar-refractivity contribution in [3.05, 3.63) is 24.4 Å². The molecule has 108 valence electrons. The molecule has 0 amide bonds. The monoisotopic (exact) mass is 276 g/mol. The van der Waals surface area contributed by atoms with Gasteiger partial charge >= 0.3 is 0 Å². The normalized spacial score (nSPS) is 11.0. The summed E-state index contributed by atoms with van der Waals surface area (Å²) in [5.41, 5.74) is 0.765. The minimum Gasteiger partial charge on any atom is -0.494 e. The lowest BCUT2D eigenvalue weighted by Crippen LogP contribution is -2.23. The van der Waals surface area contributed by atoms with Crippen LogP contribution in [0.5, 0.6) is 5.75 Å². The highest BCUT2D eigenvalue weighted by Crippen LogP contribution is 2.27. The van der Waals surface area contributed by atoms with Gasteiger partial charge in [0, 0.05) is 18.7 Å². The molecule has 2 aromatic heterocycles. The van der Waals surface area contributed by atoms with Crippen LogP contribution in [0.1, 0.15) is 26.2 Å². The zero-order valence-electron chi connectivity index (χ0n) is 12.1. The Hall–Kier alpha value is -1.95. The van der Waals surface area contributed by atoms with Crippen molar-refractivity contribution in [2.45, 2.75) is 32.7 Å². The van der Waals surface area contributed by atoms with Gasteiger partial charge in [0.05, 0.1) is 18.9 Å². The van der Waals surface area contributed by atoms with Crippen LogP contribution in [0.3, 0.4) is 0 Å². The number of pyridine rings is 1. The van der Waals surface area contributed by atoms with E-state index in [1.165, 1.54) is 0 Å². The average Bonchev–Trinajstić information content (AvgIpc) is 2.92. The molecule has 0 saturated heterocycles. The third-order valence-electron chi connectivity index (χ3n) is 2.82. The quantitative estimate of drug-likeness (QED) is 0.780. The molecule has 0 fully saturated rings.